The lowest BCUT2D eigenvalue weighted by molar-refractivity contribution is 0.468. The topological polar surface area (TPSA) is 24.1 Å². The summed E-state index contributed by atoms with van der Waals surface area (Å²) in [7, 11) is 0. The third kappa shape index (κ3) is 4.70. The van der Waals surface area contributed by atoms with Crippen molar-refractivity contribution in [2.45, 2.75) is 65.0 Å². The van der Waals surface area contributed by atoms with Gasteiger partial charge in [0.15, 0.2) is 5.11 Å². The lowest BCUT2D eigenvalue weighted by Gasteiger charge is -2.25. The minimum Gasteiger partial charge on any atom is -0.360 e. The first-order valence-corrected chi connectivity index (χ1v) is 8.59. The van der Waals surface area contributed by atoms with E-state index in [1.54, 1.807) is 0 Å². The molecule has 1 fully saturated rings. The normalized spacial score (nSPS) is 17.4. The zero-order valence-electron chi connectivity index (χ0n) is 13.6. The van der Waals surface area contributed by atoms with Crippen molar-refractivity contribution in [3.63, 3.8) is 0 Å². The molecule has 2 rings (SSSR count). The summed E-state index contributed by atoms with van der Waals surface area (Å²) in [6, 6.07) is 9.90. The first-order valence-electron chi connectivity index (χ1n) is 8.18. The molecule has 1 aromatic rings. The van der Waals surface area contributed by atoms with Gasteiger partial charge in [0.1, 0.15) is 0 Å². The van der Waals surface area contributed by atoms with Crippen molar-refractivity contribution < 1.29 is 0 Å². The van der Waals surface area contributed by atoms with Crippen LogP contribution in [0.15, 0.2) is 24.3 Å². The van der Waals surface area contributed by atoms with Crippen molar-refractivity contribution >= 4 is 17.3 Å². The number of thiocarbonyl (C=S) groups is 1. The largest absolute Gasteiger partial charge is 0.360 e. The molecule has 0 unspecified atom stereocenters. The van der Waals surface area contributed by atoms with Crippen LogP contribution in [-0.4, -0.2) is 11.2 Å². The van der Waals surface area contributed by atoms with E-state index in [9.17, 15) is 0 Å². The number of hydrogen-bond donors (Lipinski definition) is 2. The van der Waals surface area contributed by atoms with Gasteiger partial charge in [-0.25, -0.2) is 0 Å². The second-order valence-corrected chi connectivity index (χ2v) is 7.00. The molecule has 1 aliphatic carbocycles. The van der Waals surface area contributed by atoms with Crippen LogP contribution in [0.5, 0.6) is 0 Å². The monoisotopic (exact) mass is 304 g/mol. The Labute approximate surface area is 134 Å². The maximum Gasteiger partial charge on any atom is 0.167 e. The lowest BCUT2D eigenvalue weighted by atomic mass is 9.92. The molecule has 0 heterocycles. The first-order chi connectivity index (χ1) is 10.0. The predicted octanol–water partition coefficient (Wildman–Crippen LogP) is 4.52. The van der Waals surface area contributed by atoms with Gasteiger partial charge in [-0.2, -0.15) is 0 Å². The molecule has 2 nitrogen and oxygen atoms in total. The second kappa shape index (κ2) is 7.26. The van der Waals surface area contributed by atoms with E-state index in [4.69, 9.17) is 12.2 Å². The van der Waals surface area contributed by atoms with E-state index in [-0.39, 0.29) is 6.04 Å². The molecule has 1 saturated carbocycles. The number of benzene rings is 1. The predicted molar refractivity (Wildman–Crippen MR) is 94.6 cm³/mol. The highest BCUT2D eigenvalue weighted by molar-refractivity contribution is 7.80. The summed E-state index contributed by atoms with van der Waals surface area (Å²) >= 11 is 5.43. The van der Waals surface area contributed by atoms with Crippen LogP contribution in [0.3, 0.4) is 0 Å². The fraction of sp³-hybridized carbons (Fsp3) is 0.611. The molecule has 0 radical (unpaired) electrons. The summed E-state index contributed by atoms with van der Waals surface area (Å²) < 4.78 is 0. The Morgan fingerprint density at radius 3 is 2.19 bits per heavy atom. The molecule has 0 bridgehead atoms. The number of rotatable bonds is 6. The first kappa shape index (κ1) is 16.3. The van der Waals surface area contributed by atoms with Gasteiger partial charge in [0.05, 0.1) is 6.04 Å². The number of nitrogens with one attached hydrogen (secondary N) is 2. The third-order valence-electron chi connectivity index (χ3n) is 4.34. The third-order valence-corrected chi connectivity index (χ3v) is 4.58. The Morgan fingerprint density at radius 1 is 1.14 bits per heavy atom. The molecule has 0 aromatic heterocycles. The maximum atomic E-state index is 5.43. The standard InChI is InChI=1S/C18H28N2S/c1-5-13(4)14-6-8-15(9-7-14)17(12(2)3)20-18(21)19-16-10-11-16/h6-9,12-13,16-17H,5,10-11H2,1-4H3,(H2,19,20,21)/t13-,17-/m0/s1. The Bertz CT molecular complexity index is 463. The molecule has 21 heavy (non-hydrogen) atoms. The van der Waals surface area contributed by atoms with Crippen molar-refractivity contribution in [1.82, 2.24) is 10.6 Å². The summed E-state index contributed by atoms with van der Waals surface area (Å²) in [6.45, 7) is 8.99. The van der Waals surface area contributed by atoms with Gasteiger partial charge < -0.3 is 10.6 Å². The summed E-state index contributed by atoms with van der Waals surface area (Å²) in [5.74, 6) is 1.13. The highest BCUT2D eigenvalue weighted by Crippen LogP contribution is 2.25. The van der Waals surface area contributed by atoms with Crippen molar-refractivity contribution in [3.05, 3.63) is 35.4 Å². The minimum atomic E-state index is 0.273. The van der Waals surface area contributed by atoms with E-state index >= 15 is 0 Å². The van der Waals surface area contributed by atoms with Crippen molar-refractivity contribution in [2.24, 2.45) is 5.92 Å². The number of hydrogen-bond acceptors (Lipinski definition) is 1. The van der Waals surface area contributed by atoms with Gasteiger partial charge in [-0.05, 0) is 54.4 Å². The molecule has 0 spiro atoms. The smallest absolute Gasteiger partial charge is 0.167 e. The van der Waals surface area contributed by atoms with Crippen LogP contribution in [0.25, 0.3) is 0 Å². The fourth-order valence-corrected chi connectivity index (χ4v) is 2.79. The van der Waals surface area contributed by atoms with E-state index in [2.05, 4.69) is 62.6 Å². The summed E-state index contributed by atoms with van der Waals surface area (Å²) in [6.07, 6.45) is 3.68. The van der Waals surface area contributed by atoms with Crippen LogP contribution in [0.1, 0.15) is 70.0 Å². The maximum absolute atomic E-state index is 5.43. The molecule has 3 heteroatoms. The zero-order valence-corrected chi connectivity index (χ0v) is 14.5. The Morgan fingerprint density at radius 2 is 1.71 bits per heavy atom. The SMILES string of the molecule is CC[C@H](C)c1ccc([C@@H](NC(=S)NC2CC2)C(C)C)cc1. The van der Waals surface area contributed by atoms with Gasteiger partial charge in [-0.3, -0.25) is 0 Å². The average Bonchev–Trinajstić information content (AvgIpc) is 3.27. The molecule has 0 aliphatic heterocycles. The molecule has 2 N–H and O–H groups in total. The Hall–Kier alpha value is -1.09. The van der Waals surface area contributed by atoms with Crippen LogP contribution >= 0.6 is 12.2 Å². The molecule has 116 valence electrons. The van der Waals surface area contributed by atoms with Crippen LogP contribution < -0.4 is 10.6 Å². The van der Waals surface area contributed by atoms with Gasteiger partial charge in [-0.1, -0.05) is 52.0 Å². The van der Waals surface area contributed by atoms with Gasteiger partial charge in [0, 0.05) is 6.04 Å². The second-order valence-electron chi connectivity index (χ2n) is 6.59. The molecule has 1 aromatic carbocycles. The van der Waals surface area contributed by atoms with Crippen molar-refractivity contribution in [2.75, 3.05) is 0 Å². The van der Waals surface area contributed by atoms with Gasteiger partial charge in [0.2, 0.25) is 0 Å². The van der Waals surface area contributed by atoms with Gasteiger partial charge >= 0.3 is 0 Å². The van der Waals surface area contributed by atoms with Gasteiger partial charge in [0.25, 0.3) is 0 Å². The molecule has 1 aliphatic rings. The van der Waals surface area contributed by atoms with Crippen LogP contribution in [0.4, 0.5) is 0 Å². The van der Waals surface area contributed by atoms with E-state index in [1.807, 2.05) is 0 Å². The average molecular weight is 305 g/mol. The summed E-state index contributed by atoms with van der Waals surface area (Å²) in [5.41, 5.74) is 2.74. The molecule has 0 amide bonds. The Kier molecular flexibility index (Phi) is 5.63. The summed E-state index contributed by atoms with van der Waals surface area (Å²) in [5, 5.41) is 7.65. The summed E-state index contributed by atoms with van der Waals surface area (Å²) in [4.78, 5) is 0. The quantitative estimate of drug-likeness (QED) is 0.755. The highest BCUT2D eigenvalue weighted by atomic mass is 32.1. The van der Waals surface area contributed by atoms with E-state index in [1.165, 1.54) is 30.4 Å². The Balaban J connectivity index is 2.04. The van der Waals surface area contributed by atoms with Crippen LogP contribution in [0.2, 0.25) is 0 Å². The van der Waals surface area contributed by atoms with E-state index in [0.717, 1.165) is 5.11 Å². The van der Waals surface area contributed by atoms with E-state index < -0.39 is 0 Å². The van der Waals surface area contributed by atoms with E-state index in [0.29, 0.717) is 17.9 Å². The molecular weight excluding hydrogens is 276 g/mol. The zero-order chi connectivity index (χ0) is 15.4. The van der Waals surface area contributed by atoms with Crippen molar-refractivity contribution in [3.8, 4) is 0 Å². The minimum absolute atomic E-state index is 0.273. The van der Waals surface area contributed by atoms with Gasteiger partial charge in [-0.15, -0.1) is 0 Å². The molecule has 2 atom stereocenters. The fourth-order valence-electron chi connectivity index (χ4n) is 2.50. The van der Waals surface area contributed by atoms with Crippen LogP contribution in [0, 0.1) is 5.92 Å². The lowest BCUT2D eigenvalue weighted by Crippen LogP contribution is -2.40. The molecular formula is C18H28N2S. The highest BCUT2D eigenvalue weighted by Gasteiger charge is 2.24. The van der Waals surface area contributed by atoms with Crippen LogP contribution in [-0.2, 0) is 0 Å². The molecule has 0 saturated heterocycles. The van der Waals surface area contributed by atoms with Crippen molar-refractivity contribution in [1.29, 1.82) is 0 Å².